The summed E-state index contributed by atoms with van der Waals surface area (Å²) in [5, 5.41) is 0. The van der Waals surface area contributed by atoms with E-state index in [0.29, 0.717) is 23.7 Å². The lowest BCUT2D eigenvalue weighted by Gasteiger charge is -2.43. The van der Waals surface area contributed by atoms with Gasteiger partial charge in [0.25, 0.3) is 0 Å². The first-order chi connectivity index (χ1) is 6.91. The van der Waals surface area contributed by atoms with E-state index in [-0.39, 0.29) is 0 Å². The molecule has 0 N–H and O–H groups in total. The van der Waals surface area contributed by atoms with Crippen molar-refractivity contribution in [2.45, 2.75) is 59.4 Å². The summed E-state index contributed by atoms with van der Waals surface area (Å²) in [5.41, 5.74) is 0.344. The molecule has 1 atom stereocenters. The van der Waals surface area contributed by atoms with Crippen LogP contribution in [-0.2, 0) is 4.79 Å². The van der Waals surface area contributed by atoms with Crippen LogP contribution >= 0.6 is 0 Å². The summed E-state index contributed by atoms with van der Waals surface area (Å²) < 4.78 is 0. The fraction of sp³-hybridized carbons (Fsp3) is 0.923. The molecule has 0 amide bonds. The highest BCUT2D eigenvalue weighted by molar-refractivity contribution is 5.75. The van der Waals surface area contributed by atoms with Gasteiger partial charge >= 0.3 is 0 Å². The fourth-order valence-electron chi connectivity index (χ4n) is 2.54. The molecule has 15 heavy (non-hydrogen) atoms. The van der Waals surface area contributed by atoms with Gasteiger partial charge in [-0.2, -0.15) is 0 Å². The van der Waals surface area contributed by atoms with Gasteiger partial charge < -0.3 is 0 Å². The Hall–Kier alpha value is -0.370. The smallest absolute Gasteiger partial charge is 0.131 e. The van der Waals surface area contributed by atoms with Crippen molar-refractivity contribution in [2.24, 2.45) is 5.41 Å². The van der Waals surface area contributed by atoms with Crippen LogP contribution in [0.25, 0.3) is 0 Å². The van der Waals surface area contributed by atoms with Crippen LogP contribution in [0.4, 0.5) is 0 Å². The van der Waals surface area contributed by atoms with Gasteiger partial charge in [0.15, 0.2) is 0 Å². The van der Waals surface area contributed by atoms with Gasteiger partial charge in [-0.05, 0) is 31.7 Å². The van der Waals surface area contributed by atoms with Gasteiger partial charge in [-0.15, -0.1) is 0 Å². The van der Waals surface area contributed by atoms with Crippen LogP contribution in [0.5, 0.6) is 0 Å². The minimum absolute atomic E-state index is 0.313. The Kier molecular flexibility index (Phi) is 4.32. The van der Waals surface area contributed by atoms with Gasteiger partial charge in [0.05, 0.1) is 0 Å². The minimum atomic E-state index is 0.313. The van der Waals surface area contributed by atoms with Crippen LogP contribution in [0.3, 0.4) is 0 Å². The van der Waals surface area contributed by atoms with Crippen molar-refractivity contribution in [3.63, 3.8) is 0 Å². The number of carbonyl (C=O) groups is 1. The van der Waals surface area contributed by atoms with Gasteiger partial charge in [0.1, 0.15) is 5.78 Å². The number of ketones is 1. The molecule has 1 aliphatic rings. The molecule has 2 heteroatoms. The number of carbonyl (C=O) groups excluding carboxylic acids is 1. The molecule has 0 bridgehead atoms. The zero-order valence-corrected chi connectivity index (χ0v) is 10.7. The van der Waals surface area contributed by atoms with Crippen molar-refractivity contribution in [3.8, 4) is 0 Å². The van der Waals surface area contributed by atoms with Crippen LogP contribution in [0.1, 0.15) is 53.4 Å². The highest BCUT2D eigenvalue weighted by Crippen LogP contribution is 2.31. The Balaban J connectivity index is 2.54. The normalized spacial score (nSPS) is 24.1. The topological polar surface area (TPSA) is 20.3 Å². The van der Waals surface area contributed by atoms with E-state index in [1.165, 1.54) is 25.8 Å². The third kappa shape index (κ3) is 3.94. The molecule has 0 radical (unpaired) electrons. The number of Topliss-reactive ketones (excluding diaryl/α,β-unsaturated/α-hetero) is 1. The zero-order chi connectivity index (χ0) is 11.5. The zero-order valence-electron chi connectivity index (χ0n) is 10.7. The van der Waals surface area contributed by atoms with E-state index >= 15 is 0 Å². The predicted molar refractivity (Wildman–Crippen MR) is 64.0 cm³/mol. The number of likely N-dealkylation sites (tertiary alicyclic amines) is 1. The SMILES string of the molecule is CC(=O)CCN1CCCCC1C(C)(C)C. The summed E-state index contributed by atoms with van der Waals surface area (Å²) >= 11 is 0. The summed E-state index contributed by atoms with van der Waals surface area (Å²) in [6.07, 6.45) is 4.65. The molecule has 1 unspecified atom stereocenters. The monoisotopic (exact) mass is 211 g/mol. The molecule has 1 aliphatic heterocycles. The summed E-state index contributed by atoms with van der Waals surface area (Å²) in [6.45, 7) is 10.7. The highest BCUT2D eigenvalue weighted by atomic mass is 16.1. The van der Waals surface area contributed by atoms with E-state index in [9.17, 15) is 4.79 Å². The van der Waals surface area contributed by atoms with E-state index < -0.39 is 0 Å². The molecule has 2 nitrogen and oxygen atoms in total. The Morgan fingerprint density at radius 1 is 1.33 bits per heavy atom. The molecule has 1 fully saturated rings. The van der Waals surface area contributed by atoms with Crippen molar-refractivity contribution >= 4 is 5.78 Å². The summed E-state index contributed by atoms with van der Waals surface area (Å²) in [7, 11) is 0. The summed E-state index contributed by atoms with van der Waals surface area (Å²) in [6, 6.07) is 0.658. The Labute approximate surface area is 94.0 Å². The summed E-state index contributed by atoms with van der Waals surface area (Å²) in [5.74, 6) is 0.313. The molecule has 1 rings (SSSR count). The van der Waals surface area contributed by atoms with Crippen LogP contribution < -0.4 is 0 Å². The van der Waals surface area contributed by atoms with Crippen LogP contribution in [0.15, 0.2) is 0 Å². The van der Waals surface area contributed by atoms with Crippen molar-refractivity contribution < 1.29 is 4.79 Å². The van der Waals surface area contributed by atoms with Crippen LogP contribution in [-0.4, -0.2) is 29.8 Å². The second-order valence-corrected chi connectivity index (χ2v) is 5.87. The second-order valence-electron chi connectivity index (χ2n) is 5.87. The fourth-order valence-corrected chi connectivity index (χ4v) is 2.54. The first-order valence-electron chi connectivity index (χ1n) is 6.15. The van der Waals surface area contributed by atoms with Crippen molar-refractivity contribution in [2.75, 3.05) is 13.1 Å². The lowest BCUT2D eigenvalue weighted by molar-refractivity contribution is -0.117. The molecule has 1 saturated heterocycles. The largest absolute Gasteiger partial charge is 0.300 e. The first kappa shape index (κ1) is 12.7. The molecule has 88 valence electrons. The molecule has 0 saturated carbocycles. The molecule has 0 aromatic carbocycles. The predicted octanol–water partition coefficient (Wildman–Crippen LogP) is 2.87. The van der Waals surface area contributed by atoms with Gasteiger partial charge in [-0.1, -0.05) is 27.2 Å². The molecule has 0 aromatic heterocycles. The molecular formula is C13H25NO. The first-order valence-corrected chi connectivity index (χ1v) is 6.15. The average Bonchev–Trinajstić information content (AvgIpc) is 2.13. The number of rotatable bonds is 3. The van der Waals surface area contributed by atoms with Gasteiger partial charge in [-0.3, -0.25) is 9.69 Å². The van der Waals surface area contributed by atoms with Crippen LogP contribution in [0, 0.1) is 5.41 Å². The van der Waals surface area contributed by atoms with Crippen molar-refractivity contribution in [1.29, 1.82) is 0 Å². The Morgan fingerprint density at radius 2 is 2.00 bits per heavy atom. The number of hydrogen-bond donors (Lipinski definition) is 0. The van der Waals surface area contributed by atoms with E-state index in [0.717, 1.165) is 6.54 Å². The quantitative estimate of drug-likeness (QED) is 0.715. The maximum Gasteiger partial charge on any atom is 0.131 e. The Morgan fingerprint density at radius 3 is 2.53 bits per heavy atom. The third-order valence-electron chi connectivity index (χ3n) is 3.36. The van der Waals surface area contributed by atoms with Crippen molar-refractivity contribution in [3.05, 3.63) is 0 Å². The van der Waals surface area contributed by atoms with E-state index in [1.54, 1.807) is 6.92 Å². The average molecular weight is 211 g/mol. The standard InChI is InChI=1S/C13H25NO/c1-11(15)8-10-14-9-6-5-7-12(14)13(2,3)4/h12H,5-10H2,1-4H3. The molecule has 0 aromatic rings. The Bertz CT molecular complexity index is 217. The van der Waals surface area contributed by atoms with Crippen LogP contribution in [0.2, 0.25) is 0 Å². The highest BCUT2D eigenvalue weighted by Gasteiger charge is 2.31. The second kappa shape index (κ2) is 5.11. The van der Waals surface area contributed by atoms with E-state index in [1.807, 2.05) is 0 Å². The van der Waals surface area contributed by atoms with Gasteiger partial charge in [0.2, 0.25) is 0 Å². The van der Waals surface area contributed by atoms with Crippen molar-refractivity contribution in [1.82, 2.24) is 4.90 Å². The maximum absolute atomic E-state index is 11.0. The van der Waals surface area contributed by atoms with Gasteiger partial charge in [0, 0.05) is 19.0 Å². The minimum Gasteiger partial charge on any atom is -0.300 e. The molecule has 1 heterocycles. The lowest BCUT2D eigenvalue weighted by Crippen LogP contribution is -2.47. The molecule has 0 spiro atoms. The molecule has 0 aliphatic carbocycles. The molecular weight excluding hydrogens is 186 g/mol. The van der Waals surface area contributed by atoms with E-state index in [4.69, 9.17) is 0 Å². The number of nitrogens with zero attached hydrogens (tertiary/aromatic N) is 1. The van der Waals surface area contributed by atoms with E-state index in [2.05, 4.69) is 25.7 Å². The summed E-state index contributed by atoms with van der Waals surface area (Å²) in [4.78, 5) is 13.5. The maximum atomic E-state index is 11.0. The third-order valence-corrected chi connectivity index (χ3v) is 3.36. The number of hydrogen-bond acceptors (Lipinski definition) is 2. The van der Waals surface area contributed by atoms with Gasteiger partial charge in [-0.25, -0.2) is 0 Å². The lowest BCUT2D eigenvalue weighted by atomic mass is 9.80. The number of piperidine rings is 1.